The largest absolute Gasteiger partial charge is 0.378 e. The maximum absolute atomic E-state index is 13.8. The maximum atomic E-state index is 13.8. The summed E-state index contributed by atoms with van der Waals surface area (Å²) in [5.41, 5.74) is 5.93. The van der Waals surface area contributed by atoms with Gasteiger partial charge in [0.15, 0.2) is 0 Å². The van der Waals surface area contributed by atoms with Gasteiger partial charge < -0.3 is 9.64 Å². The van der Waals surface area contributed by atoms with Gasteiger partial charge in [-0.15, -0.1) is 0 Å². The number of halogens is 1. The molecule has 6 nitrogen and oxygen atoms in total. The molecule has 4 rings (SSSR count). The third-order valence-corrected chi connectivity index (χ3v) is 5.41. The van der Waals surface area contributed by atoms with Gasteiger partial charge in [0.05, 0.1) is 30.6 Å². The number of hydrogen-bond donors (Lipinski definition) is 1. The molecule has 0 radical (unpaired) electrons. The Kier molecular flexibility index (Phi) is 6.43. The van der Waals surface area contributed by atoms with E-state index < -0.39 is 5.83 Å². The van der Waals surface area contributed by atoms with Crippen LogP contribution in [0.3, 0.4) is 0 Å². The van der Waals surface area contributed by atoms with Gasteiger partial charge in [-0.05, 0) is 54.8 Å². The number of aromatic nitrogens is 2. The van der Waals surface area contributed by atoms with E-state index in [1.807, 2.05) is 25.1 Å². The van der Waals surface area contributed by atoms with Gasteiger partial charge in [0, 0.05) is 29.7 Å². The molecular weight excluding hydrogens is 393 g/mol. The molecule has 0 saturated carbocycles. The molecule has 1 N–H and O–H groups in total. The van der Waals surface area contributed by atoms with E-state index in [0.717, 1.165) is 77.8 Å². The lowest BCUT2D eigenvalue weighted by atomic mass is 9.98. The fourth-order valence-corrected chi connectivity index (χ4v) is 3.70. The van der Waals surface area contributed by atoms with Gasteiger partial charge in [-0.25, -0.2) is 19.4 Å². The summed E-state index contributed by atoms with van der Waals surface area (Å²) >= 11 is 0. The van der Waals surface area contributed by atoms with Crippen molar-refractivity contribution in [1.82, 2.24) is 9.97 Å². The molecule has 31 heavy (non-hydrogen) atoms. The minimum absolute atomic E-state index is 0.430. The summed E-state index contributed by atoms with van der Waals surface area (Å²) in [6, 6.07) is 12.4. The molecule has 1 aromatic heterocycles. The van der Waals surface area contributed by atoms with Crippen LogP contribution in [-0.2, 0) is 11.2 Å². The van der Waals surface area contributed by atoms with Crippen molar-refractivity contribution in [1.29, 1.82) is 5.41 Å². The summed E-state index contributed by atoms with van der Waals surface area (Å²) < 4.78 is 19.3. The van der Waals surface area contributed by atoms with Crippen LogP contribution in [0.4, 0.5) is 10.1 Å². The Labute approximate surface area is 180 Å². The molecule has 0 atom stereocenters. The number of anilines is 1. The van der Waals surface area contributed by atoms with Gasteiger partial charge in [-0.3, -0.25) is 5.41 Å². The first-order valence-electron chi connectivity index (χ1n) is 10.2. The van der Waals surface area contributed by atoms with Crippen molar-refractivity contribution in [3.05, 3.63) is 65.8 Å². The third-order valence-electron chi connectivity index (χ3n) is 5.41. The molecule has 7 heteroatoms. The van der Waals surface area contributed by atoms with E-state index >= 15 is 0 Å². The average molecular weight is 417 g/mol. The van der Waals surface area contributed by atoms with Crippen LogP contribution in [0.5, 0.6) is 0 Å². The molecule has 0 bridgehead atoms. The smallest absolute Gasteiger partial charge is 0.137 e. The van der Waals surface area contributed by atoms with E-state index in [-0.39, 0.29) is 0 Å². The van der Waals surface area contributed by atoms with Gasteiger partial charge in [0.25, 0.3) is 0 Å². The number of ether oxygens (including phenoxy) is 1. The Hall–Kier alpha value is -3.45. The van der Waals surface area contributed by atoms with Crippen molar-refractivity contribution >= 4 is 29.1 Å². The second-order valence-electron chi connectivity index (χ2n) is 7.36. The molecule has 0 amide bonds. The van der Waals surface area contributed by atoms with Gasteiger partial charge in [-0.1, -0.05) is 12.1 Å². The van der Waals surface area contributed by atoms with E-state index in [2.05, 4.69) is 38.1 Å². The summed E-state index contributed by atoms with van der Waals surface area (Å²) in [6.07, 6.45) is 5.33. The fourth-order valence-electron chi connectivity index (χ4n) is 3.70. The van der Waals surface area contributed by atoms with Crippen LogP contribution in [-0.4, -0.2) is 48.8 Å². The lowest BCUT2D eigenvalue weighted by Crippen LogP contribution is -2.36. The van der Waals surface area contributed by atoms with E-state index in [9.17, 15) is 4.39 Å². The molecule has 3 aromatic rings. The molecule has 0 spiro atoms. The first kappa shape index (κ1) is 20.8. The number of allylic oxidation sites excluding steroid dienone is 2. The predicted molar refractivity (Wildman–Crippen MR) is 123 cm³/mol. The Morgan fingerprint density at radius 2 is 2.03 bits per heavy atom. The zero-order valence-corrected chi connectivity index (χ0v) is 17.4. The SMILES string of the molecule is Cc1ccc(-c2ncnc3cc(N4CCOCC4)ccc23)cc1C/C=C(F)/C=N\C=N. The van der Waals surface area contributed by atoms with Crippen molar-refractivity contribution < 1.29 is 9.13 Å². The molecule has 1 aliphatic rings. The molecule has 2 aromatic carbocycles. The van der Waals surface area contributed by atoms with Crippen LogP contribution in [0.25, 0.3) is 22.2 Å². The number of benzene rings is 2. The Bertz CT molecular complexity index is 1150. The maximum Gasteiger partial charge on any atom is 0.137 e. The summed E-state index contributed by atoms with van der Waals surface area (Å²) in [6.45, 7) is 5.23. The van der Waals surface area contributed by atoms with E-state index in [4.69, 9.17) is 10.1 Å². The van der Waals surface area contributed by atoms with Crippen LogP contribution in [0.15, 0.2) is 59.6 Å². The van der Waals surface area contributed by atoms with Crippen molar-refractivity contribution in [3.8, 4) is 11.3 Å². The summed E-state index contributed by atoms with van der Waals surface area (Å²) in [5, 5.41) is 7.83. The predicted octanol–water partition coefficient (Wildman–Crippen LogP) is 4.52. The zero-order chi connectivity index (χ0) is 21.6. The number of nitrogens with one attached hydrogen (secondary N) is 1. The van der Waals surface area contributed by atoms with Gasteiger partial charge >= 0.3 is 0 Å². The van der Waals surface area contributed by atoms with Crippen molar-refractivity contribution in [2.75, 3.05) is 31.2 Å². The average Bonchev–Trinajstić information content (AvgIpc) is 2.82. The van der Waals surface area contributed by atoms with E-state index in [0.29, 0.717) is 6.42 Å². The summed E-state index contributed by atoms with van der Waals surface area (Å²) in [7, 11) is 0. The first-order valence-corrected chi connectivity index (χ1v) is 10.2. The Balaban J connectivity index is 1.66. The molecule has 158 valence electrons. The standard InChI is InChI=1S/C24H24FN5O/c1-17-2-3-19(12-18(17)4-5-20(25)14-27-15-26)24-22-7-6-21(13-23(22)28-16-29-24)30-8-10-31-11-9-30/h2-3,5-7,12-16,26H,4,8-11H2,1H3/b20-5-,26-15?,27-14-. The molecule has 0 unspecified atom stereocenters. The number of aryl methyl sites for hydroxylation is 1. The number of rotatable bonds is 6. The van der Waals surface area contributed by atoms with Gasteiger partial charge in [0.2, 0.25) is 0 Å². The normalized spacial score (nSPS) is 15.0. The highest BCUT2D eigenvalue weighted by atomic mass is 19.1. The highest BCUT2D eigenvalue weighted by Crippen LogP contribution is 2.30. The van der Waals surface area contributed by atoms with Crippen molar-refractivity contribution in [2.24, 2.45) is 4.99 Å². The van der Waals surface area contributed by atoms with Crippen LogP contribution in [0, 0.1) is 12.3 Å². The summed E-state index contributed by atoms with van der Waals surface area (Å²) in [4.78, 5) is 14.8. The van der Waals surface area contributed by atoms with Gasteiger partial charge in [-0.2, -0.15) is 0 Å². The topological polar surface area (TPSA) is 74.5 Å². The van der Waals surface area contributed by atoms with Crippen molar-refractivity contribution in [3.63, 3.8) is 0 Å². The lowest BCUT2D eigenvalue weighted by molar-refractivity contribution is 0.122. The molecule has 1 aliphatic heterocycles. The molecular formula is C24H24FN5O. The second-order valence-corrected chi connectivity index (χ2v) is 7.36. The van der Waals surface area contributed by atoms with Gasteiger partial charge in [0.1, 0.15) is 18.5 Å². The van der Waals surface area contributed by atoms with Crippen LogP contribution < -0.4 is 4.90 Å². The fraction of sp³-hybridized carbons (Fsp3) is 0.250. The number of nitrogens with zero attached hydrogens (tertiary/aromatic N) is 4. The number of aliphatic imine (C=N–C) groups is 1. The monoisotopic (exact) mass is 417 g/mol. The van der Waals surface area contributed by atoms with E-state index in [1.54, 1.807) is 6.33 Å². The highest BCUT2D eigenvalue weighted by molar-refractivity contribution is 5.94. The first-order chi connectivity index (χ1) is 15.2. The lowest BCUT2D eigenvalue weighted by Gasteiger charge is -2.29. The van der Waals surface area contributed by atoms with Crippen LogP contribution >= 0.6 is 0 Å². The number of hydrogen-bond acceptors (Lipinski definition) is 5. The second kappa shape index (κ2) is 9.57. The summed E-state index contributed by atoms with van der Waals surface area (Å²) in [5.74, 6) is -0.462. The number of fused-ring (bicyclic) bond motifs is 1. The minimum Gasteiger partial charge on any atom is -0.378 e. The zero-order valence-electron chi connectivity index (χ0n) is 17.4. The van der Waals surface area contributed by atoms with E-state index in [1.165, 1.54) is 6.08 Å². The van der Waals surface area contributed by atoms with Crippen molar-refractivity contribution in [2.45, 2.75) is 13.3 Å². The molecule has 2 heterocycles. The molecule has 1 saturated heterocycles. The van der Waals surface area contributed by atoms with Crippen LogP contribution in [0.2, 0.25) is 0 Å². The minimum atomic E-state index is -0.462. The Morgan fingerprint density at radius 1 is 1.19 bits per heavy atom. The highest BCUT2D eigenvalue weighted by Gasteiger charge is 2.14. The number of morpholine rings is 1. The Morgan fingerprint density at radius 3 is 2.84 bits per heavy atom. The molecule has 1 fully saturated rings. The third kappa shape index (κ3) is 4.83. The molecule has 0 aliphatic carbocycles. The quantitative estimate of drug-likeness (QED) is 0.473. The van der Waals surface area contributed by atoms with Crippen LogP contribution in [0.1, 0.15) is 11.1 Å².